The van der Waals surface area contributed by atoms with Gasteiger partial charge in [-0.05, 0) is 34.2 Å². The van der Waals surface area contributed by atoms with Crippen molar-refractivity contribution in [3.63, 3.8) is 0 Å². The van der Waals surface area contributed by atoms with Gasteiger partial charge in [0.2, 0.25) is 6.79 Å². The van der Waals surface area contributed by atoms with Crippen LogP contribution in [0.1, 0.15) is 53.0 Å². The number of amides is 1. The van der Waals surface area contributed by atoms with Crippen LogP contribution < -0.4 is 9.47 Å². The molecule has 0 N–H and O–H groups in total. The van der Waals surface area contributed by atoms with Gasteiger partial charge in [0.05, 0.1) is 19.8 Å². The highest BCUT2D eigenvalue weighted by Crippen LogP contribution is 2.33. The van der Waals surface area contributed by atoms with Gasteiger partial charge in [0.25, 0.3) is 5.91 Å². The zero-order chi connectivity index (χ0) is 25.1. The predicted octanol–water partition coefficient (Wildman–Crippen LogP) is 4.84. The van der Waals surface area contributed by atoms with Crippen molar-refractivity contribution < 1.29 is 19.0 Å². The third-order valence-electron chi connectivity index (χ3n) is 6.50. The molecule has 0 unspecified atom stereocenters. The Hall–Kier alpha value is -2.94. The zero-order valence-electron chi connectivity index (χ0n) is 21.2. The van der Waals surface area contributed by atoms with Crippen molar-refractivity contribution in [2.24, 2.45) is 0 Å². The van der Waals surface area contributed by atoms with Crippen LogP contribution in [0.5, 0.6) is 11.5 Å². The lowest BCUT2D eigenvalue weighted by molar-refractivity contribution is 0.0299. The summed E-state index contributed by atoms with van der Waals surface area (Å²) in [5, 5.41) is 2.81. The highest BCUT2D eigenvalue weighted by molar-refractivity contribution is 7.09. The summed E-state index contributed by atoms with van der Waals surface area (Å²) in [6.45, 7) is 11.5. The Kier molecular flexibility index (Phi) is 7.27. The number of thiazole rings is 1. The molecule has 0 saturated carbocycles. The lowest BCUT2D eigenvalue weighted by Crippen LogP contribution is -2.40. The first-order valence-electron chi connectivity index (χ1n) is 12.4. The topological polar surface area (TPSA) is 64.1 Å². The van der Waals surface area contributed by atoms with Crippen LogP contribution in [-0.2, 0) is 29.8 Å². The van der Waals surface area contributed by atoms with E-state index in [1.807, 2.05) is 22.4 Å². The minimum Gasteiger partial charge on any atom is -0.454 e. The number of fused-ring (bicyclic) bond motifs is 1. The molecular formula is C28H33N3O4S. The van der Waals surface area contributed by atoms with Gasteiger partial charge in [0.1, 0.15) is 10.7 Å². The van der Waals surface area contributed by atoms with Crippen molar-refractivity contribution in [3.05, 3.63) is 75.2 Å². The van der Waals surface area contributed by atoms with Gasteiger partial charge in [0.15, 0.2) is 11.5 Å². The van der Waals surface area contributed by atoms with E-state index in [2.05, 4.69) is 56.0 Å². The second-order valence-corrected chi connectivity index (χ2v) is 11.3. The molecule has 1 saturated heterocycles. The molecule has 0 atom stereocenters. The quantitative estimate of drug-likeness (QED) is 0.456. The number of carbonyl (C=O) groups excluding carboxylic acids is 1. The Morgan fingerprint density at radius 2 is 1.67 bits per heavy atom. The molecule has 1 amide bonds. The molecule has 2 aliphatic heterocycles. The molecule has 0 bridgehead atoms. The van der Waals surface area contributed by atoms with E-state index in [4.69, 9.17) is 19.2 Å². The van der Waals surface area contributed by atoms with Crippen LogP contribution in [0.15, 0.2) is 47.8 Å². The van der Waals surface area contributed by atoms with E-state index in [9.17, 15) is 4.79 Å². The number of carbonyl (C=O) groups is 1. The van der Waals surface area contributed by atoms with Gasteiger partial charge in [-0.25, -0.2) is 4.98 Å². The van der Waals surface area contributed by atoms with E-state index in [0.29, 0.717) is 38.5 Å². The Labute approximate surface area is 216 Å². The van der Waals surface area contributed by atoms with Crippen molar-refractivity contribution in [1.29, 1.82) is 0 Å². The average molecular weight is 508 g/mol. The first-order valence-corrected chi connectivity index (χ1v) is 13.2. The van der Waals surface area contributed by atoms with Crippen LogP contribution in [0.25, 0.3) is 0 Å². The summed E-state index contributed by atoms with van der Waals surface area (Å²) < 4.78 is 16.4. The molecule has 3 aromatic rings. The molecule has 1 fully saturated rings. The minimum atomic E-state index is -0.0131. The van der Waals surface area contributed by atoms with E-state index >= 15 is 0 Å². The lowest BCUT2D eigenvalue weighted by Gasteiger charge is -2.26. The van der Waals surface area contributed by atoms with Crippen LogP contribution in [0.4, 0.5) is 0 Å². The number of nitrogens with zero attached hydrogens (tertiary/aromatic N) is 3. The normalized spacial score (nSPS) is 15.5. The van der Waals surface area contributed by atoms with Crippen molar-refractivity contribution in [3.8, 4) is 11.5 Å². The summed E-state index contributed by atoms with van der Waals surface area (Å²) in [4.78, 5) is 21.8. The zero-order valence-corrected chi connectivity index (χ0v) is 22.0. The van der Waals surface area contributed by atoms with Crippen LogP contribution in [0.2, 0.25) is 0 Å². The van der Waals surface area contributed by atoms with Gasteiger partial charge in [-0.3, -0.25) is 9.69 Å². The Morgan fingerprint density at radius 3 is 2.42 bits per heavy atom. The number of hydrogen-bond acceptors (Lipinski definition) is 7. The second-order valence-electron chi connectivity index (χ2n) is 10.3. The molecule has 2 aliphatic rings. The monoisotopic (exact) mass is 507 g/mol. The van der Waals surface area contributed by atoms with Crippen LogP contribution in [-0.4, -0.2) is 53.8 Å². The van der Waals surface area contributed by atoms with Gasteiger partial charge < -0.3 is 19.1 Å². The maximum atomic E-state index is 12.9. The second kappa shape index (κ2) is 10.6. The van der Waals surface area contributed by atoms with Gasteiger partial charge in [-0.1, -0.05) is 51.1 Å². The fourth-order valence-electron chi connectivity index (χ4n) is 4.44. The van der Waals surface area contributed by atoms with Crippen molar-refractivity contribution >= 4 is 17.2 Å². The Bertz CT molecular complexity index is 1200. The number of morpholine rings is 1. The third-order valence-corrected chi connectivity index (χ3v) is 7.33. The number of benzene rings is 2. The minimum absolute atomic E-state index is 0.0131. The van der Waals surface area contributed by atoms with Crippen molar-refractivity contribution in [2.45, 2.75) is 45.8 Å². The fraction of sp³-hybridized carbons (Fsp3) is 0.429. The molecule has 7 nitrogen and oxygen atoms in total. The molecule has 1 aromatic heterocycles. The molecule has 8 heteroatoms. The van der Waals surface area contributed by atoms with Gasteiger partial charge in [0, 0.05) is 31.6 Å². The Balaban J connectivity index is 1.33. The fourth-order valence-corrected chi connectivity index (χ4v) is 5.24. The summed E-state index contributed by atoms with van der Waals surface area (Å²) in [6, 6.07) is 15.0. The number of hydrogen-bond donors (Lipinski definition) is 0. The molecule has 5 rings (SSSR count). The third kappa shape index (κ3) is 5.88. The molecule has 0 aliphatic carbocycles. The van der Waals surface area contributed by atoms with Crippen LogP contribution >= 0.6 is 11.3 Å². The highest BCUT2D eigenvalue weighted by atomic mass is 32.1. The molecule has 36 heavy (non-hydrogen) atoms. The average Bonchev–Trinajstić information content (AvgIpc) is 3.53. The molecule has 2 aromatic carbocycles. The first kappa shape index (κ1) is 24.7. The highest BCUT2D eigenvalue weighted by Gasteiger charge is 2.22. The van der Waals surface area contributed by atoms with Crippen LogP contribution in [0.3, 0.4) is 0 Å². The summed E-state index contributed by atoms with van der Waals surface area (Å²) in [5.74, 6) is 1.56. The molecule has 0 radical (unpaired) electrons. The largest absolute Gasteiger partial charge is 0.454 e. The van der Waals surface area contributed by atoms with E-state index in [0.717, 1.165) is 35.2 Å². The van der Waals surface area contributed by atoms with Gasteiger partial charge in [-0.15, -0.1) is 11.3 Å². The van der Waals surface area contributed by atoms with Crippen LogP contribution in [0, 0.1) is 0 Å². The molecule has 0 spiro atoms. The molecular weight excluding hydrogens is 474 g/mol. The number of aromatic nitrogens is 1. The Morgan fingerprint density at radius 1 is 0.972 bits per heavy atom. The van der Waals surface area contributed by atoms with Crippen molar-refractivity contribution in [2.75, 3.05) is 33.1 Å². The maximum Gasteiger partial charge on any atom is 0.273 e. The molecule has 190 valence electrons. The van der Waals surface area contributed by atoms with Crippen molar-refractivity contribution in [1.82, 2.24) is 14.8 Å². The summed E-state index contributed by atoms with van der Waals surface area (Å²) in [5.41, 5.74) is 4.35. The van der Waals surface area contributed by atoms with Gasteiger partial charge in [-0.2, -0.15) is 0 Å². The lowest BCUT2D eigenvalue weighted by atomic mass is 9.87. The van der Waals surface area contributed by atoms with Gasteiger partial charge >= 0.3 is 0 Å². The predicted molar refractivity (Wildman–Crippen MR) is 139 cm³/mol. The summed E-state index contributed by atoms with van der Waals surface area (Å²) in [6.07, 6.45) is 0. The number of rotatable bonds is 7. The molecule has 3 heterocycles. The first-order chi connectivity index (χ1) is 17.3. The van der Waals surface area contributed by atoms with E-state index in [-0.39, 0.29) is 18.1 Å². The SMILES string of the molecule is CC(C)(C)c1ccc(CN(Cc2ccc3c(c2)OCO3)Cc2nc(C(=O)N3CCOCC3)cs2)cc1. The smallest absolute Gasteiger partial charge is 0.273 e. The standard InChI is InChI=1S/C28H33N3O4S/c1-28(2,3)22-7-4-20(5-8-22)15-30(16-21-6-9-24-25(14-21)35-19-34-24)17-26-29-23(18-36-26)27(32)31-10-12-33-13-11-31/h4-9,14,18H,10-13,15-17,19H2,1-3H3. The number of ether oxygens (including phenoxy) is 3. The van der Waals surface area contributed by atoms with E-state index in [1.54, 1.807) is 11.3 Å². The maximum absolute atomic E-state index is 12.9. The summed E-state index contributed by atoms with van der Waals surface area (Å²) in [7, 11) is 0. The van der Waals surface area contributed by atoms with E-state index < -0.39 is 0 Å². The van der Waals surface area contributed by atoms with E-state index in [1.165, 1.54) is 11.1 Å². The summed E-state index contributed by atoms with van der Waals surface area (Å²) >= 11 is 1.54.